The maximum Gasteiger partial charge on any atom is 0.334 e. The van der Waals surface area contributed by atoms with Gasteiger partial charge in [-0.3, -0.25) is 0 Å². The number of allylic oxidation sites excluding steroid dienone is 3. The van der Waals surface area contributed by atoms with Gasteiger partial charge in [0.1, 0.15) is 18.1 Å². The molecule has 0 amide bonds. The fraction of sp³-hybridized carbons (Fsp3) is 0.227. The molecule has 1 atom stereocenters. The molecule has 1 unspecified atom stereocenters. The van der Waals surface area contributed by atoms with Crippen molar-refractivity contribution in [3.05, 3.63) is 82.7 Å². The standard InChI is InChI=1S/C22H23NO4/c1-14-11-19(21(22(24)25)15(2)23-14)18-9-4-5-10-20(18)27-13-16-7-6-8-17(12-16)26-3/h4-12,19,23H,13H2,1-3H3,(H,24,25). The van der Waals surface area contributed by atoms with Crippen LogP contribution in [-0.2, 0) is 11.4 Å². The maximum atomic E-state index is 11.8. The summed E-state index contributed by atoms with van der Waals surface area (Å²) in [7, 11) is 1.63. The van der Waals surface area contributed by atoms with E-state index in [1.54, 1.807) is 14.0 Å². The number of para-hydroxylation sites is 1. The summed E-state index contributed by atoms with van der Waals surface area (Å²) in [5, 5.41) is 12.8. The molecule has 0 radical (unpaired) electrons. The fourth-order valence-corrected chi connectivity index (χ4v) is 3.30. The minimum atomic E-state index is -0.934. The van der Waals surface area contributed by atoms with Crippen molar-refractivity contribution in [2.45, 2.75) is 26.4 Å². The van der Waals surface area contributed by atoms with Gasteiger partial charge in [-0.25, -0.2) is 4.79 Å². The summed E-state index contributed by atoms with van der Waals surface area (Å²) in [6.07, 6.45) is 1.92. The molecule has 1 aliphatic rings. The minimum absolute atomic E-state index is 0.332. The molecule has 1 aliphatic heterocycles. The molecule has 1 heterocycles. The number of hydrogen-bond donors (Lipinski definition) is 2. The van der Waals surface area contributed by atoms with Crippen LogP contribution in [0.3, 0.4) is 0 Å². The van der Waals surface area contributed by atoms with E-state index >= 15 is 0 Å². The van der Waals surface area contributed by atoms with Crippen LogP contribution in [0.2, 0.25) is 0 Å². The average molecular weight is 365 g/mol. The SMILES string of the molecule is COc1cccc(COc2ccccc2C2C=C(C)NC(C)=C2C(=O)O)c1. The molecular formula is C22H23NO4. The molecule has 0 saturated heterocycles. The van der Waals surface area contributed by atoms with E-state index in [1.807, 2.05) is 61.5 Å². The van der Waals surface area contributed by atoms with E-state index in [1.165, 1.54) is 0 Å². The highest BCUT2D eigenvalue weighted by Gasteiger charge is 2.28. The Morgan fingerprint density at radius 2 is 1.93 bits per heavy atom. The first-order valence-corrected chi connectivity index (χ1v) is 8.73. The van der Waals surface area contributed by atoms with E-state index in [-0.39, 0.29) is 5.92 Å². The summed E-state index contributed by atoms with van der Waals surface area (Å²) in [6.45, 7) is 4.08. The summed E-state index contributed by atoms with van der Waals surface area (Å²) in [5.74, 6) is 0.137. The minimum Gasteiger partial charge on any atom is -0.497 e. The molecule has 0 saturated carbocycles. The highest BCUT2D eigenvalue weighted by atomic mass is 16.5. The Morgan fingerprint density at radius 3 is 2.67 bits per heavy atom. The van der Waals surface area contributed by atoms with Gasteiger partial charge in [-0.15, -0.1) is 0 Å². The first-order chi connectivity index (χ1) is 13.0. The zero-order valence-corrected chi connectivity index (χ0v) is 15.7. The van der Waals surface area contributed by atoms with E-state index < -0.39 is 5.97 Å². The number of methoxy groups -OCH3 is 1. The molecule has 2 aromatic rings. The van der Waals surface area contributed by atoms with Gasteiger partial charge in [-0.1, -0.05) is 36.4 Å². The number of benzene rings is 2. The summed E-state index contributed by atoms with van der Waals surface area (Å²) < 4.78 is 11.3. The number of nitrogens with one attached hydrogen (secondary N) is 1. The van der Waals surface area contributed by atoms with Crippen LogP contribution in [0.15, 0.2) is 71.6 Å². The number of carboxylic acids is 1. The van der Waals surface area contributed by atoms with Gasteiger partial charge in [0.05, 0.1) is 12.7 Å². The Balaban J connectivity index is 1.91. The highest BCUT2D eigenvalue weighted by molar-refractivity contribution is 5.90. The van der Waals surface area contributed by atoms with Crippen molar-refractivity contribution in [1.29, 1.82) is 0 Å². The maximum absolute atomic E-state index is 11.8. The summed E-state index contributed by atoms with van der Waals surface area (Å²) in [4.78, 5) is 11.8. The van der Waals surface area contributed by atoms with E-state index in [4.69, 9.17) is 9.47 Å². The molecule has 5 heteroatoms. The Morgan fingerprint density at radius 1 is 1.15 bits per heavy atom. The van der Waals surface area contributed by atoms with E-state index in [0.717, 1.165) is 22.6 Å². The Hall–Kier alpha value is -3.21. The van der Waals surface area contributed by atoms with Gasteiger partial charge in [-0.05, 0) is 37.6 Å². The van der Waals surface area contributed by atoms with E-state index in [0.29, 0.717) is 23.6 Å². The molecule has 3 rings (SSSR count). The molecular weight excluding hydrogens is 342 g/mol. The molecule has 2 aromatic carbocycles. The Kier molecular flexibility index (Phi) is 5.50. The lowest BCUT2D eigenvalue weighted by atomic mass is 9.86. The van der Waals surface area contributed by atoms with Gasteiger partial charge >= 0.3 is 5.97 Å². The second-order valence-electron chi connectivity index (χ2n) is 6.47. The van der Waals surface area contributed by atoms with Crippen LogP contribution < -0.4 is 14.8 Å². The van der Waals surface area contributed by atoms with Crippen LogP contribution in [0.25, 0.3) is 0 Å². The number of carboxylic acid groups (broad SMARTS) is 1. The van der Waals surface area contributed by atoms with E-state index in [9.17, 15) is 9.90 Å². The van der Waals surface area contributed by atoms with Crippen LogP contribution in [0.5, 0.6) is 11.5 Å². The smallest absolute Gasteiger partial charge is 0.334 e. The third kappa shape index (κ3) is 4.14. The van der Waals surface area contributed by atoms with Gasteiger partial charge in [0.25, 0.3) is 0 Å². The van der Waals surface area contributed by atoms with Gasteiger partial charge < -0.3 is 19.9 Å². The largest absolute Gasteiger partial charge is 0.497 e. The lowest BCUT2D eigenvalue weighted by molar-refractivity contribution is -0.133. The first kappa shape index (κ1) is 18.6. The quantitative estimate of drug-likeness (QED) is 0.802. The molecule has 5 nitrogen and oxygen atoms in total. The van der Waals surface area contributed by atoms with Crippen LogP contribution in [0.1, 0.15) is 30.9 Å². The van der Waals surface area contributed by atoms with Gasteiger partial charge in [0.15, 0.2) is 0 Å². The normalized spacial score (nSPS) is 16.4. The molecule has 27 heavy (non-hydrogen) atoms. The number of aliphatic carboxylic acids is 1. The lowest BCUT2D eigenvalue weighted by Gasteiger charge is -2.26. The summed E-state index contributed by atoms with van der Waals surface area (Å²) in [5.41, 5.74) is 3.71. The first-order valence-electron chi connectivity index (χ1n) is 8.73. The average Bonchev–Trinajstić information content (AvgIpc) is 2.65. The zero-order valence-electron chi connectivity index (χ0n) is 15.7. The number of carbonyl (C=O) groups is 1. The van der Waals surface area contributed by atoms with Crippen molar-refractivity contribution >= 4 is 5.97 Å². The van der Waals surface area contributed by atoms with Crippen LogP contribution in [-0.4, -0.2) is 18.2 Å². The van der Waals surface area contributed by atoms with Gasteiger partial charge in [0.2, 0.25) is 0 Å². The zero-order chi connectivity index (χ0) is 19.4. The molecule has 0 aromatic heterocycles. The lowest BCUT2D eigenvalue weighted by Crippen LogP contribution is -2.24. The molecule has 140 valence electrons. The van der Waals surface area contributed by atoms with Gasteiger partial charge in [-0.2, -0.15) is 0 Å². The Labute approximate surface area is 158 Å². The topological polar surface area (TPSA) is 67.8 Å². The molecule has 0 fully saturated rings. The monoisotopic (exact) mass is 365 g/mol. The van der Waals surface area contributed by atoms with Crippen molar-refractivity contribution in [2.24, 2.45) is 0 Å². The number of dihydropyridines is 1. The molecule has 2 N–H and O–H groups in total. The number of hydrogen-bond acceptors (Lipinski definition) is 4. The third-order valence-corrected chi connectivity index (χ3v) is 4.53. The highest BCUT2D eigenvalue weighted by Crippen LogP contribution is 2.37. The summed E-state index contributed by atoms with van der Waals surface area (Å²) in [6, 6.07) is 15.2. The van der Waals surface area contributed by atoms with Crippen LogP contribution in [0, 0.1) is 0 Å². The molecule has 0 spiro atoms. The second kappa shape index (κ2) is 7.99. The number of ether oxygens (including phenoxy) is 2. The van der Waals surface area contributed by atoms with Crippen molar-refractivity contribution < 1.29 is 19.4 Å². The summed E-state index contributed by atoms with van der Waals surface area (Å²) >= 11 is 0. The van der Waals surface area contributed by atoms with Crippen molar-refractivity contribution in [1.82, 2.24) is 5.32 Å². The number of rotatable bonds is 6. The molecule has 0 bridgehead atoms. The van der Waals surface area contributed by atoms with E-state index in [2.05, 4.69) is 5.32 Å². The van der Waals surface area contributed by atoms with Crippen molar-refractivity contribution in [3.63, 3.8) is 0 Å². The second-order valence-corrected chi connectivity index (χ2v) is 6.47. The third-order valence-electron chi connectivity index (χ3n) is 4.53. The van der Waals surface area contributed by atoms with Gasteiger partial charge in [0, 0.05) is 22.9 Å². The van der Waals surface area contributed by atoms with Crippen molar-refractivity contribution in [3.8, 4) is 11.5 Å². The predicted octanol–water partition coefficient (Wildman–Crippen LogP) is 4.22. The van der Waals surface area contributed by atoms with Crippen molar-refractivity contribution in [2.75, 3.05) is 7.11 Å². The predicted molar refractivity (Wildman–Crippen MR) is 104 cm³/mol. The Bertz CT molecular complexity index is 914. The fourth-order valence-electron chi connectivity index (χ4n) is 3.30. The van der Waals surface area contributed by atoms with Crippen LogP contribution >= 0.6 is 0 Å². The molecule has 0 aliphatic carbocycles. The van der Waals surface area contributed by atoms with Crippen LogP contribution in [0.4, 0.5) is 0 Å².